The van der Waals surface area contributed by atoms with Crippen molar-refractivity contribution in [1.29, 1.82) is 5.26 Å². The Balaban J connectivity index is 1.78. The van der Waals surface area contributed by atoms with Gasteiger partial charge < -0.3 is 14.8 Å². The molecule has 0 aromatic carbocycles. The van der Waals surface area contributed by atoms with Crippen LogP contribution in [-0.2, 0) is 9.47 Å². The fourth-order valence-electron chi connectivity index (χ4n) is 2.48. The molecule has 2 aliphatic heterocycles. The average molecular weight is 239 g/mol. The molecule has 2 saturated heterocycles. The summed E-state index contributed by atoms with van der Waals surface area (Å²) < 4.78 is 10.8. The lowest BCUT2D eigenvalue weighted by atomic mass is 10.1. The molecular weight excluding hydrogens is 218 g/mol. The Morgan fingerprint density at radius 3 is 3.12 bits per heavy atom. The Morgan fingerprint density at radius 2 is 2.41 bits per heavy atom. The summed E-state index contributed by atoms with van der Waals surface area (Å²) in [6, 6.07) is 3.10. The van der Waals surface area contributed by atoms with E-state index in [0.717, 1.165) is 39.3 Å². The molecule has 0 spiro atoms. The van der Waals surface area contributed by atoms with E-state index in [9.17, 15) is 0 Å². The van der Waals surface area contributed by atoms with Gasteiger partial charge in [-0.2, -0.15) is 5.26 Å². The maximum absolute atomic E-state index is 8.88. The third-order valence-corrected chi connectivity index (χ3v) is 3.49. The third kappa shape index (κ3) is 3.65. The summed E-state index contributed by atoms with van der Waals surface area (Å²) in [7, 11) is 0. The summed E-state index contributed by atoms with van der Waals surface area (Å²) in [6.07, 6.45) is 0.805. The Morgan fingerprint density at radius 1 is 1.53 bits per heavy atom. The van der Waals surface area contributed by atoms with Crippen LogP contribution in [-0.4, -0.2) is 62.5 Å². The number of morpholine rings is 2. The predicted molar refractivity (Wildman–Crippen MR) is 63.6 cm³/mol. The molecule has 2 heterocycles. The van der Waals surface area contributed by atoms with E-state index in [2.05, 4.69) is 23.2 Å². The lowest BCUT2D eigenvalue weighted by Crippen LogP contribution is -2.50. The van der Waals surface area contributed by atoms with Crippen molar-refractivity contribution >= 4 is 0 Å². The number of rotatable bonds is 3. The van der Waals surface area contributed by atoms with Gasteiger partial charge in [-0.15, -0.1) is 0 Å². The summed E-state index contributed by atoms with van der Waals surface area (Å²) in [5.74, 6) is 0. The van der Waals surface area contributed by atoms with E-state index in [1.54, 1.807) is 0 Å². The van der Waals surface area contributed by atoms with E-state index in [1.165, 1.54) is 0 Å². The second-order valence-corrected chi connectivity index (χ2v) is 4.79. The van der Waals surface area contributed by atoms with Crippen LogP contribution in [0.3, 0.4) is 0 Å². The lowest BCUT2D eigenvalue weighted by molar-refractivity contribution is -0.0206. The van der Waals surface area contributed by atoms with E-state index < -0.39 is 0 Å². The van der Waals surface area contributed by atoms with Crippen LogP contribution in [0.25, 0.3) is 0 Å². The first-order chi connectivity index (χ1) is 8.29. The highest BCUT2D eigenvalue weighted by Gasteiger charge is 2.26. The first-order valence-corrected chi connectivity index (χ1v) is 6.36. The molecule has 0 aromatic heterocycles. The van der Waals surface area contributed by atoms with Crippen molar-refractivity contribution in [2.45, 2.75) is 31.5 Å². The van der Waals surface area contributed by atoms with Gasteiger partial charge in [-0.05, 0) is 13.3 Å². The zero-order chi connectivity index (χ0) is 12.1. The average Bonchev–Trinajstić information content (AvgIpc) is 2.40. The molecule has 2 aliphatic rings. The standard InChI is InChI=1S/C12H21N3O2/c1-10(6-11-9-16-4-2-14-11)15-3-5-17-12(7-13)8-15/h10-12,14H,2-6,8-9H2,1H3. The molecule has 0 bridgehead atoms. The Kier molecular flexibility index (Phi) is 4.75. The third-order valence-electron chi connectivity index (χ3n) is 3.49. The zero-order valence-electron chi connectivity index (χ0n) is 10.4. The van der Waals surface area contributed by atoms with Gasteiger partial charge in [0.2, 0.25) is 0 Å². The lowest BCUT2D eigenvalue weighted by Gasteiger charge is -2.36. The van der Waals surface area contributed by atoms with Gasteiger partial charge in [0, 0.05) is 31.7 Å². The van der Waals surface area contributed by atoms with Crippen molar-refractivity contribution < 1.29 is 9.47 Å². The van der Waals surface area contributed by atoms with Crippen LogP contribution in [0.5, 0.6) is 0 Å². The first kappa shape index (κ1) is 12.8. The van der Waals surface area contributed by atoms with Crippen molar-refractivity contribution in [1.82, 2.24) is 10.2 Å². The molecule has 17 heavy (non-hydrogen) atoms. The molecular formula is C12H21N3O2. The molecule has 0 aromatic rings. The molecule has 3 unspecified atom stereocenters. The van der Waals surface area contributed by atoms with E-state index in [-0.39, 0.29) is 6.10 Å². The monoisotopic (exact) mass is 239 g/mol. The van der Waals surface area contributed by atoms with Crippen molar-refractivity contribution in [2.24, 2.45) is 0 Å². The molecule has 2 rings (SSSR count). The summed E-state index contributed by atoms with van der Waals surface area (Å²) in [5, 5.41) is 12.3. The highest BCUT2D eigenvalue weighted by atomic mass is 16.5. The molecule has 3 atom stereocenters. The minimum Gasteiger partial charge on any atom is -0.379 e. The van der Waals surface area contributed by atoms with E-state index in [1.807, 2.05) is 0 Å². The normalized spacial score (nSPS) is 32.9. The number of nitrogens with one attached hydrogen (secondary N) is 1. The SMILES string of the molecule is CC(CC1COCCN1)N1CCOC(C#N)C1. The topological polar surface area (TPSA) is 57.5 Å². The quantitative estimate of drug-likeness (QED) is 0.750. The fourth-order valence-corrected chi connectivity index (χ4v) is 2.48. The van der Waals surface area contributed by atoms with Gasteiger partial charge in [0.25, 0.3) is 0 Å². The minimum absolute atomic E-state index is 0.262. The number of nitriles is 1. The van der Waals surface area contributed by atoms with Crippen LogP contribution < -0.4 is 5.32 Å². The largest absolute Gasteiger partial charge is 0.379 e. The molecule has 96 valence electrons. The number of nitrogens with zero attached hydrogens (tertiary/aromatic N) is 2. The van der Waals surface area contributed by atoms with Crippen LogP contribution in [0.4, 0.5) is 0 Å². The number of hydrogen-bond acceptors (Lipinski definition) is 5. The van der Waals surface area contributed by atoms with Gasteiger partial charge in [-0.1, -0.05) is 0 Å². The van der Waals surface area contributed by atoms with E-state index in [4.69, 9.17) is 14.7 Å². The maximum Gasteiger partial charge on any atom is 0.156 e. The van der Waals surface area contributed by atoms with Gasteiger partial charge in [0.05, 0.1) is 25.9 Å². The number of ether oxygens (including phenoxy) is 2. The van der Waals surface area contributed by atoms with Gasteiger partial charge in [0.1, 0.15) is 0 Å². The molecule has 5 nitrogen and oxygen atoms in total. The van der Waals surface area contributed by atoms with Crippen LogP contribution in [0.15, 0.2) is 0 Å². The van der Waals surface area contributed by atoms with Crippen molar-refractivity contribution in [3.63, 3.8) is 0 Å². The Labute approximate surface area is 103 Å². The molecule has 5 heteroatoms. The van der Waals surface area contributed by atoms with Crippen LogP contribution in [0.2, 0.25) is 0 Å². The number of hydrogen-bond donors (Lipinski definition) is 1. The van der Waals surface area contributed by atoms with E-state index >= 15 is 0 Å². The van der Waals surface area contributed by atoms with Gasteiger partial charge in [-0.3, -0.25) is 4.90 Å². The second-order valence-electron chi connectivity index (χ2n) is 4.79. The molecule has 0 amide bonds. The molecule has 0 aliphatic carbocycles. The summed E-state index contributed by atoms with van der Waals surface area (Å²) in [5.41, 5.74) is 0. The Hall–Kier alpha value is -0.670. The Bertz CT molecular complexity index is 273. The van der Waals surface area contributed by atoms with Gasteiger partial charge in [-0.25, -0.2) is 0 Å². The van der Waals surface area contributed by atoms with Crippen LogP contribution in [0, 0.1) is 11.3 Å². The summed E-state index contributed by atoms with van der Waals surface area (Å²) in [4.78, 5) is 2.34. The smallest absolute Gasteiger partial charge is 0.156 e. The minimum atomic E-state index is -0.262. The predicted octanol–water partition coefficient (Wildman–Crippen LogP) is -0.0222. The second kappa shape index (κ2) is 6.31. The van der Waals surface area contributed by atoms with E-state index in [0.29, 0.717) is 18.7 Å². The summed E-state index contributed by atoms with van der Waals surface area (Å²) in [6.45, 7) is 7.10. The van der Waals surface area contributed by atoms with Gasteiger partial charge >= 0.3 is 0 Å². The maximum atomic E-state index is 8.88. The van der Waals surface area contributed by atoms with Crippen LogP contribution in [0.1, 0.15) is 13.3 Å². The summed E-state index contributed by atoms with van der Waals surface area (Å²) >= 11 is 0. The van der Waals surface area contributed by atoms with Crippen LogP contribution >= 0.6 is 0 Å². The van der Waals surface area contributed by atoms with Gasteiger partial charge in [0.15, 0.2) is 6.10 Å². The molecule has 2 fully saturated rings. The fraction of sp³-hybridized carbons (Fsp3) is 0.917. The van der Waals surface area contributed by atoms with Crippen molar-refractivity contribution in [3.05, 3.63) is 0 Å². The highest BCUT2D eigenvalue weighted by Crippen LogP contribution is 2.13. The highest BCUT2D eigenvalue weighted by molar-refractivity contribution is 4.91. The molecule has 0 radical (unpaired) electrons. The van der Waals surface area contributed by atoms with Crippen molar-refractivity contribution in [2.75, 3.05) is 39.5 Å². The van der Waals surface area contributed by atoms with Crippen molar-refractivity contribution in [3.8, 4) is 6.07 Å². The molecule has 1 N–H and O–H groups in total. The zero-order valence-corrected chi connectivity index (χ0v) is 10.4. The molecule has 0 saturated carbocycles. The first-order valence-electron chi connectivity index (χ1n) is 6.36.